The van der Waals surface area contributed by atoms with Gasteiger partial charge in [-0.3, -0.25) is 4.79 Å². The third kappa shape index (κ3) is 4.62. The number of carbonyl (C=O) groups excluding carboxylic acids is 2. The molecule has 1 fully saturated rings. The highest BCUT2D eigenvalue weighted by atomic mass is 32.2. The van der Waals surface area contributed by atoms with Gasteiger partial charge in [-0.25, -0.2) is 13.2 Å². The minimum absolute atomic E-state index is 0.0600. The van der Waals surface area contributed by atoms with Crippen LogP contribution in [0.1, 0.15) is 16.8 Å². The number of nitrogens with zero attached hydrogens (tertiary/aromatic N) is 1. The van der Waals surface area contributed by atoms with Crippen LogP contribution in [-0.2, 0) is 19.4 Å². The van der Waals surface area contributed by atoms with Gasteiger partial charge < -0.3 is 19.1 Å². The van der Waals surface area contributed by atoms with E-state index in [1.807, 2.05) is 0 Å². The van der Waals surface area contributed by atoms with E-state index < -0.39 is 28.3 Å². The van der Waals surface area contributed by atoms with Gasteiger partial charge in [-0.05, 0) is 18.6 Å². The Morgan fingerprint density at radius 2 is 1.96 bits per heavy atom. The highest BCUT2D eigenvalue weighted by Gasteiger charge is 2.33. The molecule has 9 heteroatoms. The largest absolute Gasteiger partial charge is 0.497 e. The van der Waals surface area contributed by atoms with E-state index in [2.05, 4.69) is 0 Å². The van der Waals surface area contributed by atoms with Crippen LogP contribution in [0.2, 0.25) is 0 Å². The van der Waals surface area contributed by atoms with Crippen molar-refractivity contribution in [2.75, 3.05) is 39.4 Å². The maximum Gasteiger partial charge on any atom is 0.342 e. The molecule has 8 nitrogen and oxygen atoms in total. The molecule has 1 heterocycles. The van der Waals surface area contributed by atoms with E-state index in [1.165, 1.54) is 38.3 Å². The normalized spacial score (nSPS) is 18.4. The molecule has 0 spiro atoms. The number of sulfone groups is 1. The van der Waals surface area contributed by atoms with Crippen molar-refractivity contribution in [2.45, 2.75) is 12.5 Å². The van der Waals surface area contributed by atoms with Crippen LogP contribution in [-0.4, -0.2) is 70.6 Å². The van der Waals surface area contributed by atoms with Crippen LogP contribution in [0, 0.1) is 0 Å². The summed E-state index contributed by atoms with van der Waals surface area (Å²) in [6.07, 6.45) is 0.394. The molecular weight excluding hydrogens is 350 g/mol. The molecule has 1 aromatic rings. The Hall–Kier alpha value is -2.29. The van der Waals surface area contributed by atoms with Crippen LogP contribution in [0.15, 0.2) is 18.2 Å². The molecule has 0 aliphatic carbocycles. The average molecular weight is 371 g/mol. The summed E-state index contributed by atoms with van der Waals surface area (Å²) in [7, 11) is 1.31. The lowest BCUT2D eigenvalue weighted by Gasteiger charge is -2.23. The van der Waals surface area contributed by atoms with Gasteiger partial charge in [0.1, 0.15) is 17.1 Å². The lowest BCUT2D eigenvalue weighted by atomic mass is 10.2. The lowest BCUT2D eigenvalue weighted by Crippen LogP contribution is -2.40. The number of hydrogen-bond donors (Lipinski definition) is 0. The predicted molar refractivity (Wildman–Crippen MR) is 89.7 cm³/mol. The number of likely N-dealkylation sites (N-methyl/N-ethyl adjacent to an activating group) is 1. The number of rotatable bonds is 6. The molecular formula is C16H21NO7S. The molecule has 138 valence electrons. The standard InChI is InChI=1S/C16H21NO7S/c1-17(11-6-7-25(20,21)10-11)15(18)9-24-16(19)13-5-4-12(22-2)8-14(13)23-3/h4-5,8,11H,6-7,9-10H2,1-3H3/t11-/m1/s1. The SMILES string of the molecule is COc1ccc(C(=O)OCC(=O)N(C)[C@@H]2CCS(=O)(=O)C2)c(OC)c1. The van der Waals surface area contributed by atoms with Gasteiger partial charge in [-0.1, -0.05) is 0 Å². The molecule has 1 aliphatic heterocycles. The van der Waals surface area contributed by atoms with Crippen LogP contribution < -0.4 is 9.47 Å². The minimum atomic E-state index is -3.09. The van der Waals surface area contributed by atoms with Crippen molar-refractivity contribution in [3.05, 3.63) is 23.8 Å². The maximum absolute atomic E-state index is 12.2. The molecule has 0 saturated carbocycles. The van der Waals surface area contributed by atoms with E-state index in [0.29, 0.717) is 12.2 Å². The molecule has 0 bridgehead atoms. The first-order valence-corrected chi connectivity index (χ1v) is 9.44. The Kier molecular flexibility index (Phi) is 5.89. The molecule has 0 radical (unpaired) electrons. The number of benzene rings is 1. The zero-order valence-corrected chi connectivity index (χ0v) is 15.2. The van der Waals surface area contributed by atoms with Gasteiger partial charge in [0, 0.05) is 19.2 Å². The highest BCUT2D eigenvalue weighted by molar-refractivity contribution is 7.91. The number of amides is 1. The molecule has 1 aliphatic rings. The summed E-state index contributed by atoms with van der Waals surface area (Å²) in [6, 6.07) is 4.22. The molecule has 1 atom stereocenters. The first kappa shape index (κ1) is 19.0. The molecule has 0 unspecified atom stereocenters. The molecule has 2 rings (SSSR count). The van der Waals surface area contributed by atoms with Gasteiger partial charge in [0.25, 0.3) is 5.91 Å². The Labute approximate surface area is 146 Å². The number of hydrogen-bond acceptors (Lipinski definition) is 7. The predicted octanol–water partition coefficient (Wildman–Crippen LogP) is 0.506. The van der Waals surface area contributed by atoms with Gasteiger partial charge in [-0.15, -0.1) is 0 Å². The second-order valence-electron chi connectivity index (χ2n) is 5.70. The number of carbonyl (C=O) groups is 2. The molecule has 0 N–H and O–H groups in total. The van der Waals surface area contributed by atoms with Crippen molar-refractivity contribution in [2.24, 2.45) is 0 Å². The lowest BCUT2D eigenvalue weighted by molar-refractivity contribution is -0.134. The summed E-state index contributed by atoms with van der Waals surface area (Å²) in [4.78, 5) is 25.6. The van der Waals surface area contributed by atoms with Crippen molar-refractivity contribution >= 4 is 21.7 Å². The van der Waals surface area contributed by atoms with E-state index in [1.54, 1.807) is 6.07 Å². The third-order valence-electron chi connectivity index (χ3n) is 4.10. The van der Waals surface area contributed by atoms with Crippen molar-refractivity contribution < 1.29 is 32.2 Å². The van der Waals surface area contributed by atoms with Crippen molar-refractivity contribution in [1.29, 1.82) is 0 Å². The number of methoxy groups -OCH3 is 2. The third-order valence-corrected chi connectivity index (χ3v) is 5.86. The summed E-state index contributed by atoms with van der Waals surface area (Å²) in [5, 5.41) is 0. The summed E-state index contributed by atoms with van der Waals surface area (Å²) >= 11 is 0. The topological polar surface area (TPSA) is 99.2 Å². The fraction of sp³-hybridized carbons (Fsp3) is 0.500. The van der Waals surface area contributed by atoms with E-state index >= 15 is 0 Å². The van der Waals surface area contributed by atoms with Crippen molar-refractivity contribution in [3.63, 3.8) is 0 Å². The van der Waals surface area contributed by atoms with E-state index in [4.69, 9.17) is 14.2 Å². The second kappa shape index (κ2) is 7.73. The first-order valence-electron chi connectivity index (χ1n) is 7.62. The quantitative estimate of drug-likeness (QED) is 0.672. The van der Waals surface area contributed by atoms with Crippen LogP contribution in [0.4, 0.5) is 0 Å². The minimum Gasteiger partial charge on any atom is -0.497 e. The monoisotopic (exact) mass is 371 g/mol. The van der Waals surface area contributed by atoms with Crippen LogP contribution in [0.25, 0.3) is 0 Å². The smallest absolute Gasteiger partial charge is 0.342 e. The Balaban J connectivity index is 1.96. The summed E-state index contributed by atoms with van der Waals surface area (Å²) in [5.41, 5.74) is 0.169. The Bertz CT molecular complexity index is 760. The maximum atomic E-state index is 12.2. The second-order valence-corrected chi connectivity index (χ2v) is 7.93. The number of ether oxygens (including phenoxy) is 3. The van der Waals surface area contributed by atoms with Crippen molar-refractivity contribution in [1.82, 2.24) is 4.90 Å². The Morgan fingerprint density at radius 1 is 1.24 bits per heavy atom. The highest BCUT2D eigenvalue weighted by Crippen LogP contribution is 2.25. The van der Waals surface area contributed by atoms with Gasteiger partial charge in [0.15, 0.2) is 16.4 Å². The summed E-state index contributed by atoms with van der Waals surface area (Å²) in [5.74, 6) is -0.366. The van der Waals surface area contributed by atoms with Crippen LogP contribution in [0.5, 0.6) is 11.5 Å². The van der Waals surface area contributed by atoms with Gasteiger partial charge in [0.2, 0.25) is 0 Å². The van der Waals surface area contributed by atoms with Crippen LogP contribution in [0.3, 0.4) is 0 Å². The zero-order chi connectivity index (χ0) is 18.6. The molecule has 1 aromatic carbocycles. The van der Waals surface area contributed by atoms with E-state index in [-0.39, 0.29) is 28.9 Å². The zero-order valence-electron chi connectivity index (χ0n) is 14.4. The van der Waals surface area contributed by atoms with Crippen LogP contribution >= 0.6 is 0 Å². The average Bonchev–Trinajstić information content (AvgIpc) is 2.97. The number of esters is 1. The first-order chi connectivity index (χ1) is 11.8. The van der Waals surface area contributed by atoms with E-state index in [0.717, 1.165) is 0 Å². The molecule has 0 aromatic heterocycles. The van der Waals surface area contributed by atoms with Gasteiger partial charge in [0.05, 0.1) is 25.7 Å². The molecule has 1 saturated heterocycles. The molecule has 25 heavy (non-hydrogen) atoms. The summed E-state index contributed by atoms with van der Waals surface area (Å²) in [6.45, 7) is -0.471. The van der Waals surface area contributed by atoms with E-state index in [9.17, 15) is 18.0 Å². The Morgan fingerprint density at radius 3 is 2.52 bits per heavy atom. The van der Waals surface area contributed by atoms with Gasteiger partial charge in [-0.2, -0.15) is 0 Å². The fourth-order valence-electron chi connectivity index (χ4n) is 2.56. The fourth-order valence-corrected chi connectivity index (χ4v) is 4.33. The van der Waals surface area contributed by atoms with Gasteiger partial charge >= 0.3 is 5.97 Å². The molecule has 1 amide bonds. The summed E-state index contributed by atoms with van der Waals surface area (Å²) < 4.78 is 38.2. The van der Waals surface area contributed by atoms with Crippen molar-refractivity contribution in [3.8, 4) is 11.5 Å².